The van der Waals surface area contributed by atoms with E-state index in [1.54, 1.807) is 53.5 Å². The first kappa shape index (κ1) is 31.8. The summed E-state index contributed by atoms with van der Waals surface area (Å²) >= 11 is 11.7. The number of rotatable bonds is 0. The first-order chi connectivity index (χ1) is 18.8. The Balaban J connectivity index is 0.000000137. The Hall–Kier alpha value is 2.34. The molecule has 8 fully saturated rings. The number of piperidine rings is 8. The van der Waals surface area contributed by atoms with Gasteiger partial charge in [0.05, 0.1) is 0 Å². The Morgan fingerprint density at radius 3 is 0.842 bits per heavy atom. The van der Waals surface area contributed by atoms with Gasteiger partial charge in [0.1, 0.15) is 0 Å². The van der Waals surface area contributed by atoms with E-state index in [1.807, 2.05) is 0 Å². The van der Waals surface area contributed by atoms with E-state index < -0.39 is 0 Å². The fraction of sp³-hybridized carbons (Fsp3) is 1.00. The molecular weight excluding hydrogens is 797 g/mol. The summed E-state index contributed by atoms with van der Waals surface area (Å²) in [5, 5.41) is 0. The molecule has 0 aromatic heterocycles. The van der Waals surface area contributed by atoms with Gasteiger partial charge < -0.3 is 0 Å². The number of halogens is 2. The molecule has 0 spiro atoms. The topological polar surface area (TPSA) is 13.0 Å². The molecular formula is C30H52Cu2I2N4. The summed E-state index contributed by atoms with van der Waals surface area (Å²) in [5.41, 5.74) is 0. The van der Waals surface area contributed by atoms with Gasteiger partial charge in [0.2, 0.25) is 0 Å². The van der Waals surface area contributed by atoms with Gasteiger partial charge in [-0.05, 0) is 114 Å². The van der Waals surface area contributed by atoms with Gasteiger partial charge in [-0.25, -0.2) is 0 Å². The molecule has 228 valence electrons. The number of fused-ring (bicyclic) bond motifs is 12. The fourth-order valence-corrected chi connectivity index (χ4v) is 10.5. The van der Waals surface area contributed by atoms with E-state index in [0.29, 0.717) is 0 Å². The van der Waals surface area contributed by atoms with Crippen molar-refractivity contribution in [1.82, 2.24) is 19.6 Å². The average molecular weight is 850 g/mol. The second kappa shape index (κ2) is 15.9. The van der Waals surface area contributed by atoms with E-state index in [0.717, 1.165) is 47.8 Å². The monoisotopic (exact) mass is 848 g/mol. The maximum absolute atomic E-state index is 4.16. The molecule has 0 radical (unpaired) electrons. The number of hydrogen-bond donors (Lipinski definition) is 0. The third-order valence-corrected chi connectivity index (χ3v) is 11.9. The van der Waals surface area contributed by atoms with Gasteiger partial charge in [0.15, 0.2) is 0 Å². The molecule has 8 saturated heterocycles. The Morgan fingerprint density at radius 2 is 0.605 bits per heavy atom. The van der Waals surface area contributed by atoms with Crippen LogP contribution in [0.3, 0.4) is 0 Å². The van der Waals surface area contributed by atoms with Crippen LogP contribution in [0.1, 0.15) is 89.9 Å². The van der Waals surface area contributed by atoms with Gasteiger partial charge in [-0.2, -0.15) is 0 Å². The molecule has 38 heavy (non-hydrogen) atoms. The van der Waals surface area contributed by atoms with E-state index in [9.17, 15) is 0 Å². The number of hydrogen-bond acceptors (Lipinski definition) is 4. The fourth-order valence-electron chi connectivity index (χ4n) is 10.5. The van der Waals surface area contributed by atoms with Crippen LogP contribution in [0.4, 0.5) is 0 Å². The molecule has 0 N–H and O–H groups in total. The van der Waals surface area contributed by atoms with Crippen molar-refractivity contribution in [2.45, 2.75) is 114 Å². The summed E-state index contributed by atoms with van der Waals surface area (Å²) in [6, 6.07) is 3.84. The van der Waals surface area contributed by atoms with Crippen LogP contribution in [0.25, 0.3) is 0 Å². The first-order valence-electron chi connectivity index (χ1n) is 16.0. The zero-order chi connectivity index (χ0) is 26.5. The van der Waals surface area contributed by atoms with E-state index in [-0.39, 0.29) is 0 Å². The molecule has 8 rings (SSSR count). The van der Waals surface area contributed by atoms with Crippen LogP contribution < -0.4 is 0 Å². The summed E-state index contributed by atoms with van der Waals surface area (Å²) in [7, 11) is 0. The molecule has 1 unspecified atom stereocenters. The van der Waals surface area contributed by atoms with Crippen molar-refractivity contribution >= 4 is 40.7 Å². The summed E-state index contributed by atoms with van der Waals surface area (Å²) < 4.78 is 0. The predicted molar refractivity (Wildman–Crippen MR) is 168 cm³/mol. The van der Waals surface area contributed by atoms with Crippen LogP contribution in [-0.2, 0) is 25.5 Å². The van der Waals surface area contributed by atoms with Crippen molar-refractivity contribution in [2.75, 3.05) is 52.4 Å². The molecule has 0 amide bonds. The predicted octanol–water partition coefficient (Wildman–Crippen LogP) is 6.46. The summed E-state index contributed by atoms with van der Waals surface area (Å²) in [4.78, 5) is 11.5. The Kier molecular flexibility index (Phi) is 13.3. The molecule has 4 nitrogen and oxygen atoms in total. The minimum atomic E-state index is 0.961. The molecule has 8 aliphatic heterocycles. The summed E-state index contributed by atoms with van der Waals surface area (Å²) in [6.45, 7) is 11.4. The van der Waals surface area contributed by atoms with E-state index >= 15 is 0 Å². The second-order valence-corrected chi connectivity index (χ2v) is 13.7. The zero-order valence-electron chi connectivity index (χ0n) is 23.3. The van der Waals surface area contributed by atoms with Crippen LogP contribution >= 0.6 is 40.7 Å². The minimum absolute atomic E-state index is 0.961. The number of nitrogens with zero attached hydrogens (tertiary/aromatic N) is 4. The van der Waals surface area contributed by atoms with Crippen molar-refractivity contribution in [3.05, 3.63) is 0 Å². The van der Waals surface area contributed by atoms with Crippen molar-refractivity contribution < 1.29 is 25.5 Å². The quantitative estimate of drug-likeness (QED) is 0.205. The van der Waals surface area contributed by atoms with E-state index in [2.05, 4.69) is 45.1 Å². The van der Waals surface area contributed by atoms with Crippen LogP contribution in [-0.4, -0.2) is 96.1 Å². The molecule has 8 heteroatoms. The Labute approximate surface area is 273 Å². The van der Waals surface area contributed by atoms with Crippen LogP contribution in [0.15, 0.2) is 0 Å². The van der Waals surface area contributed by atoms with Crippen molar-refractivity contribution in [3.8, 4) is 0 Å². The molecule has 0 aromatic rings. The van der Waals surface area contributed by atoms with Gasteiger partial charge in [0.25, 0.3) is 0 Å². The maximum atomic E-state index is 4.16. The standard InChI is InChI=1S/2C15H26N2.2Cu.2HI/c2*1-3-7-16-11-13-9-12(14(16)5-1)10-17-8-4-2-6-15(13)17;;;;/h2*12-15H,1-11H2;;;2*1H/q;;2*+1;;/p-2/t12-,13?,14+,15-;12-,13-,14-,15+;;;;/m00..../s1. The normalized spacial score (nSPS) is 42.7. The van der Waals surface area contributed by atoms with Crippen molar-refractivity contribution in [3.63, 3.8) is 0 Å². The van der Waals surface area contributed by atoms with Crippen molar-refractivity contribution in [1.29, 1.82) is 0 Å². The van der Waals surface area contributed by atoms with Crippen LogP contribution in [0.2, 0.25) is 0 Å². The van der Waals surface area contributed by atoms with Crippen molar-refractivity contribution in [2.24, 2.45) is 23.7 Å². The van der Waals surface area contributed by atoms with Gasteiger partial charge in [-0.15, -0.1) is 0 Å². The molecule has 0 saturated carbocycles. The molecule has 0 aromatic carbocycles. The summed E-state index contributed by atoms with van der Waals surface area (Å²) in [6.07, 6.45) is 20.9. The second-order valence-electron chi connectivity index (χ2n) is 13.7. The molecule has 4 bridgehead atoms. The summed E-state index contributed by atoms with van der Waals surface area (Å²) in [5.74, 6) is 4.07. The van der Waals surface area contributed by atoms with Gasteiger partial charge >= 0.3 is 66.2 Å². The third kappa shape index (κ3) is 7.17. The van der Waals surface area contributed by atoms with Gasteiger partial charge in [0, 0.05) is 50.3 Å². The zero-order valence-corrected chi connectivity index (χ0v) is 29.5. The van der Waals surface area contributed by atoms with Crippen LogP contribution in [0.5, 0.6) is 0 Å². The van der Waals surface area contributed by atoms with Gasteiger partial charge in [-0.1, -0.05) is 25.7 Å². The van der Waals surface area contributed by atoms with E-state index in [4.69, 9.17) is 0 Å². The SMILES string of the molecule is C1CCN2CC3C[C@@H](CN4CCCC[C@@H]34)[C@H]2C1.C1CCN2C[C@@H]3C[C@@H](CN4CCCC[C@@H]34)[C@H]2C1.[Cu][I].[Cu][I]. The van der Waals surface area contributed by atoms with Crippen LogP contribution in [0, 0.1) is 23.7 Å². The first-order valence-corrected chi connectivity index (χ1v) is 22.1. The molecule has 8 atom stereocenters. The van der Waals surface area contributed by atoms with Gasteiger partial charge in [-0.3, -0.25) is 19.6 Å². The third-order valence-electron chi connectivity index (χ3n) is 11.9. The van der Waals surface area contributed by atoms with E-state index in [1.165, 1.54) is 129 Å². The molecule has 8 heterocycles. The Bertz CT molecular complexity index is 606. The molecule has 8 aliphatic rings. The Morgan fingerprint density at radius 1 is 0.368 bits per heavy atom. The average Bonchev–Trinajstić information content (AvgIpc) is 3.00. The molecule has 0 aliphatic carbocycles.